The van der Waals surface area contributed by atoms with Crippen LogP contribution in [0.25, 0.3) is 0 Å². The molecule has 1 saturated heterocycles. The molecule has 0 aromatic carbocycles. The molecule has 1 rings (SSSR count). The van der Waals surface area contributed by atoms with E-state index in [1.807, 2.05) is 6.08 Å². The molecule has 1 heterocycles. The maximum absolute atomic E-state index is 12.8. The average molecular weight is 712 g/mol. The van der Waals surface area contributed by atoms with E-state index in [1.54, 1.807) is 6.08 Å². The molecule has 6 N–H and O–H groups in total. The van der Waals surface area contributed by atoms with Crippen molar-refractivity contribution in [3.05, 3.63) is 24.3 Å². The number of aliphatic hydroxyl groups excluding tert-OH is 5. The van der Waals surface area contributed by atoms with Crippen molar-refractivity contribution in [2.45, 2.75) is 217 Å². The van der Waals surface area contributed by atoms with E-state index < -0.39 is 49.5 Å². The second kappa shape index (κ2) is 32.3. The van der Waals surface area contributed by atoms with Crippen LogP contribution in [0.2, 0.25) is 0 Å². The van der Waals surface area contributed by atoms with Crippen molar-refractivity contribution in [3.63, 3.8) is 0 Å². The Labute approximate surface area is 305 Å². The van der Waals surface area contributed by atoms with Gasteiger partial charge in [-0.3, -0.25) is 4.79 Å². The Morgan fingerprint density at radius 2 is 1.14 bits per heavy atom. The van der Waals surface area contributed by atoms with E-state index in [-0.39, 0.29) is 12.5 Å². The topological polar surface area (TPSA) is 149 Å². The number of nitrogens with one attached hydrogen (secondary N) is 1. The first-order valence-corrected chi connectivity index (χ1v) is 20.6. The first-order valence-electron chi connectivity index (χ1n) is 20.6. The van der Waals surface area contributed by atoms with E-state index in [2.05, 4.69) is 31.3 Å². The van der Waals surface area contributed by atoms with Crippen LogP contribution >= 0.6 is 0 Å². The lowest BCUT2D eigenvalue weighted by Gasteiger charge is -2.40. The minimum atomic E-state index is -1.57. The van der Waals surface area contributed by atoms with Gasteiger partial charge in [0.15, 0.2) is 6.29 Å². The Morgan fingerprint density at radius 3 is 1.68 bits per heavy atom. The number of rotatable bonds is 33. The van der Waals surface area contributed by atoms with Gasteiger partial charge in [-0.05, 0) is 32.1 Å². The fraction of sp³-hybridized carbons (Fsp3) is 0.878. The summed E-state index contributed by atoms with van der Waals surface area (Å²) < 4.78 is 11.1. The lowest BCUT2D eigenvalue weighted by Crippen LogP contribution is -2.60. The molecular formula is C41H77NO8. The third-order valence-electron chi connectivity index (χ3n) is 9.78. The van der Waals surface area contributed by atoms with Crippen molar-refractivity contribution in [3.8, 4) is 0 Å². The quantitative estimate of drug-likeness (QED) is 0.0302. The van der Waals surface area contributed by atoms with Gasteiger partial charge < -0.3 is 40.3 Å². The number of carbonyl (C=O) groups excluding carboxylic acids is 1. The summed E-state index contributed by atoms with van der Waals surface area (Å²) in [6, 6.07) is -0.814. The van der Waals surface area contributed by atoms with Gasteiger partial charge >= 0.3 is 0 Å². The van der Waals surface area contributed by atoms with Crippen LogP contribution in [0.15, 0.2) is 24.3 Å². The molecule has 1 aliphatic heterocycles. The summed E-state index contributed by atoms with van der Waals surface area (Å²) in [5.74, 6) is -0.191. The molecule has 0 bridgehead atoms. The van der Waals surface area contributed by atoms with E-state index in [9.17, 15) is 30.3 Å². The highest BCUT2D eigenvalue weighted by atomic mass is 16.7. The van der Waals surface area contributed by atoms with Crippen LogP contribution in [0.4, 0.5) is 0 Å². The third kappa shape index (κ3) is 23.3. The van der Waals surface area contributed by atoms with Gasteiger partial charge in [-0.15, -0.1) is 0 Å². The van der Waals surface area contributed by atoms with E-state index in [0.29, 0.717) is 6.42 Å². The van der Waals surface area contributed by atoms with Gasteiger partial charge in [0.1, 0.15) is 24.4 Å². The summed E-state index contributed by atoms with van der Waals surface area (Å²) in [6.45, 7) is 3.72. The molecule has 1 fully saturated rings. The van der Waals surface area contributed by atoms with Crippen molar-refractivity contribution in [1.82, 2.24) is 5.32 Å². The number of hydrogen-bond acceptors (Lipinski definition) is 8. The highest BCUT2D eigenvalue weighted by molar-refractivity contribution is 5.76. The van der Waals surface area contributed by atoms with Crippen LogP contribution in [-0.2, 0) is 14.3 Å². The molecule has 1 aliphatic rings. The Bertz CT molecular complexity index is 837. The maximum atomic E-state index is 12.8. The third-order valence-corrected chi connectivity index (χ3v) is 9.78. The minimum absolute atomic E-state index is 0.191. The molecule has 9 nitrogen and oxygen atoms in total. The second-order valence-electron chi connectivity index (χ2n) is 14.4. The predicted molar refractivity (Wildman–Crippen MR) is 203 cm³/mol. The molecule has 0 aromatic rings. The van der Waals surface area contributed by atoms with Crippen molar-refractivity contribution in [1.29, 1.82) is 0 Å². The van der Waals surface area contributed by atoms with Gasteiger partial charge in [0.25, 0.3) is 0 Å². The van der Waals surface area contributed by atoms with Gasteiger partial charge in [-0.25, -0.2) is 0 Å². The second-order valence-corrected chi connectivity index (χ2v) is 14.4. The number of carbonyl (C=O) groups is 1. The standard InChI is InChI=1S/C41H77NO8/c1-3-5-7-9-11-13-14-15-16-17-18-19-20-21-23-24-26-28-30-35(44)34(33-49-41-40(48)39(47)38(46)36(32-43)50-41)42-37(45)31-29-27-25-22-12-10-8-6-4-2/h21,23,28,30,34-36,38-41,43-44,46-48H,3-20,22,24-27,29,31-33H2,1-2H3,(H,42,45)/b23-21+,30-28+. The highest BCUT2D eigenvalue weighted by Crippen LogP contribution is 2.22. The predicted octanol–water partition coefficient (Wildman–Crippen LogP) is 7.55. The maximum Gasteiger partial charge on any atom is 0.220 e. The van der Waals surface area contributed by atoms with Crippen molar-refractivity contribution < 1.29 is 39.8 Å². The molecule has 7 unspecified atom stereocenters. The zero-order valence-electron chi connectivity index (χ0n) is 31.9. The normalized spacial score (nSPS) is 22.4. The SMILES string of the molecule is CCCCCCCCCCCCCC/C=C/CC/C=C/C(O)C(COC1OC(CO)C(O)C(O)C1O)NC(=O)CCCCCCCCCCC. The minimum Gasteiger partial charge on any atom is -0.394 e. The number of unbranched alkanes of at least 4 members (excludes halogenated alkanes) is 21. The summed E-state index contributed by atoms with van der Waals surface area (Å²) in [4.78, 5) is 12.8. The summed E-state index contributed by atoms with van der Waals surface area (Å²) in [6.07, 6.45) is 29.5. The van der Waals surface area contributed by atoms with Crippen molar-refractivity contribution in [2.24, 2.45) is 0 Å². The van der Waals surface area contributed by atoms with Crippen LogP contribution in [0.1, 0.15) is 174 Å². The molecule has 0 radical (unpaired) electrons. The van der Waals surface area contributed by atoms with E-state index >= 15 is 0 Å². The first kappa shape index (κ1) is 46.7. The fourth-order valence-corrected chi connectivity index (χ4v) is 6.41. The van der Waals surface area contributed by atoms with Crippen molar-refractivity contribution in [2.75, 3.05) is 13.2 Å². The van der Waals surface area contributed by atoms with Gasteiger partial charge in [-0.1, -0.05) is 160 Å². The molecule has 0 spiro atoms. The highest BCUT2D eigenvalue weighted by Gasteiger charge is 2.44. The molecule has 7 atom stereocenters. The van der Waals surface area contributed by atoms with Crippen molar-refractivity contribution >= 4 is 5.91 Å². The Hall–Kier alpha value is -1.33. The molecule has 294 valence electrons. The van der Waals surface area contributed by atoms with Gasteiger partial charge in [0, 0.05) is 6.42 Å². The average Bonchev–Trinajstić information content (AvgIpc) is 3.11. The van der Waals surface area contributed by atoms with E-state index in [1.165, 1.54) is 116 Å². The number of aliphatic hydroxyl groups is 5. The Balaban J connectivity index is 2.42. The number of amides is 1. The molecule has 1 amide bonds. The molecule has 0 aromatic heterocycles. The van der Waals surface area contributed by atoms with E-state index in [4.69, 9.17) is 9.47 Å². The zero-order chi connectivity index (χ0) is 36.7. The molecular weight excluding hydrogens is 634 g/mol. The Morgan fingerprint density at radius 1 is 0.660 bits per heavy atom. The number of allylic oxidation sites excluding steroid dienone is 3. The monoisotopic (exact) mass is 712 g/mol. The van der Waals surface area contributed by atoms with Gasteiger partial charge in [0.2, 0.25) is 5.91 Å². The van der Waals surface area contributed by atoms with Crippen LogP contribution < -0.4 is 5.32 Å². The smallest absolute Gasteiger partial charge is 0.220 e. The zero-order valence-corrected chi connectivity index (χ0v) is 31.9. The number of ether oxygens (including phenoxy) is 2. The molecule has 50 heavy (non-hydrogen) atoms. The van der Waals surface area contributed by atoms with Crippen LogP contribution in [0.5, 0.6) is 0 Å². The Kier molecular flexibility index (Phi) is 30.2. The molecule has 0 saturated carbocycles. The summed E-state index contributed by atoms with van der Waals surface area (Å²) in [7, 11) is 0. The summed E-state index contributed by atoms with van der Waals surface area (Å²) >= 11 is 0. The van der Waals surface area contributed by atoms with Gasteiger partial charge in [-0.2, -0.15) is 0 Å². The van der Waals surface area contributed by atoms with Crippen LogP contribution in [0, 0.1) is 0 Å². The first-order chi connectivity index (χ1) is 24.3. The van der Waals surface area contributed by atoms with Gasteiger partial charge in [0.05, 0.1) is 25.4 Å². The van der Waals surface area contributed by atoms with Crippen LogP contribution in [-0.4, -0.2) is 87.5 Å². The summed E-state index contributed by atoms with van der Waals surface area (Å²) in [5, 5.41) is 53.9. The largest absolute Gasteiger partial charge is 0.394 e. The molecule has 9 heteroatoms. The van der Waals surface area contributed by atoms with E-state index in [0.717, 1.165) is 38.5 Å². The van der Waals surface area contributed by atoms with Crippen LogP contribution in [0.3, 0.4) is 0 Å². The summed E-state index contributed by atoms with van der Waals surface area (Å²) in [5.41, 5.74) is 0. The number of hydrogen-bond donors (Lipinski definition) is 6. The fourth-order valence-electron chi connectivity index (χ4n) is 6.41. The lowest BCUT2D eigenvalue weighted by molar-refractivity contribution is -0.302. The lowest BCUT2D eigenvalue weighted by atomic mass is 9.99. The molecule has 0 aliphatic carbocycles.